The molecule has 1 fully saturated rings. The Hall–Kier alpha value is -3.36. The Kier molecular flexibility index (Phi) is 6.02. The SMILES string of the molecule is COc1cc2[nH]c3c(=O)n(CCN4CCN(Cc5ccccc5)CC4)c[nH+]c3c2cc1OC. The van der Waals surface area contributed by atoms with Crippen LogP contribution < -0.4 is 20.0 Å². The van der Waals surface area contributed by atoms with Crippen LogP contribution in [-0.4, -0.2) is 66.3 Å². The Balaban J connectivity index is 1.26. The number of nitrogens with one attached hydrogen (secondary N) is 2. The van der Waals surface area contributed by atoms with E-state index in [0.29, 0.717) is 23.6 Å². The van der Waals surface area contributed by atoms with Gasteiger partial charge in [-0.1, -0.05) is 30.3 Å². The molecule has 33 heavy (non-hydrogen) atoms. The van der Waals surface area contributed by atoms with E-state index in [1.807, 2.05) is 12.1 Å². The van der Waals surface area contributed by atoms with Crippen molar-refractivity contribution in [1.29, 1.82) is 0 Å². The summed E-state index contributed by atoms with van der Waals surface area (Å²) >= 11 is 0. The zero-order valence-electron chi connectivity index (χ0n) is 19.1. The number of rotatable bonds is 7. The molecule has 0 aliphatic carbocycles. The van der Waals surface area contributed by atoms with Gasteiger partial charge in [0.15, 0.2) is 22.5 Å². The van der Waals surface area contributed by atoms with Crippen LogP contribution in [0.25, 0.3) is 21.9 Å². The Morgan fingerprint density at radius 1 is 0.939 bits per heavy atom. The first-order valence-electron chi connectivity index (χ1n) is 11.3. The van der Waals surface area contributed by atoms with Crippen LogP contribution in [0.5, 0.6) is 11.5 Å². The first-order chi connectivity index (χ1) is 16.2. The number of methoxy groups -OCH3 is 2. The van der Waals surface area contributed by atoms with Gasteiger partial charge < -0.3 is 14.5 Å². The molecule has 1 saturated heterocycles. The average molecular weight is 449 g/mol. The van der Waals surface area contributed by atoms with E-state index < -0.39 is 0 Å². The third-order valence-electron chi connectivity index (χ3n) is 6.51. The fourth-order valence-corrected chi connectivity index (χ4v) is 4.60. The van der Waals surface area contributed by atoms with Crippen molar-refractivity contribution in [3.05, 3.63) is 64.7 Å². The van der Waals surface area contributed by atoms with Gasteiger partial charge in [0.05, 0.1) is 25.1 Å². The molecular formula is C25H30N5O3+. The van der Waals surface area contributed by atoms with E-state index in [2.05, 4.69) is 50.1 Å². The number of aromatic nitrogens is 3. The molecule has 0 radical (unpaired) electrons. The second-order valence-electron chi connectivity index (χ2n) is 8.50. The molecule has 0 spiro atoms. The monoisotopic (exact) mass is 448 g/mol. The molecule has 0 saturated carbocycles. The van der Waals surface area contributed by atoms with E-state index in [9.17, 15) is 4.79 Å². The summed E-state index contributed by atoms with van der Waals surface area (Å²) in [6.45, 7) is 6.60. The fourth-order valence-electron chi connectivity index (χ4n) is 4.60. The van der Waals surface area contributed by atoms with Crippen LogP contribution in [0.1, 0.15) is 5.56 Å². The highest BCUT2D eigenvalue weighted by molar-refractivity contribution is 6.03. The van der Waals surface area contributed by atoms with Gasteiger partial charge in [-0.2, -0.15) is 4.57 Å². The maximum atomic E-state index is 13.2. The molecule has 2 N–H and O–H groups in total. The summed E-state index contributed by atoms with van der Waals surface area (Å²) in [4.78, 5) is 24.6. The van der Waals surface area contributed by atoms with Crippen LogP contribution in [0.15, 0.2) is 53.6 Å². The minimum Gasteiger partial charge on any atom is -0.493 e. The van der Waals surface area contributed by atoms with Crippen molar-refractivity contribution in [3.8, 4) is 11.5 Å². The lowest BCUT2D eigenvalue weighted by Crippen LogP contribution is -2.47. The lowest BCUT2D eigenvalue weighted by molar-refractivity contribution is -0.352. The van der Waals surface area contributed by atoms with Crippen molar-refractivity contribution in [1.82, 2.24) is 19.4 Å². The van der Waals surface area contributed by atoms with Crippen LogP contribution >= 0.6 is 0 Å². The van der Waals surface area contributed by atoms with Crippen molar-refractivity contribution < 1.29 is 14.5 Å². The van der Waals surface area contributed by atoms with E-state index in [-0.39, 0.29) is 5.56 Å². The number of hydrogen-bond acceptors (Lipinski definition) is 5. The number of H-pyrrole nitrogens is 2. The molecule has 0 amide bonds. The minimum absolute atomic E-state index is 0.0272. The molecule has 0 unspecified atom stereocenters. The first kappa shape index (κ1) is 21.5. The Morgan fingerprint density at radius 3 is 2.36 bits per heavy atom. The number of ether oxygens (including phenoxy) is 2. The summed E-state index contributed by atoms with van der Waals surface area (Å²) in [6, 6.07) is 14.4. The van der Waals surface area contributed by atoms with E-state index in [1.54, 1.807) is 25.1 Å². The quantitative estimate of drug-likeness (QED) is 0.469. The third-order valence-corrected chi connectivity index (χ3v) is 6.51. The summed E-state index contributed by atoms with van der Waals surface area (Å²) < 4.78 is 12.6. The normalized spacial score (nSPS) is 15.3. The molecule has 1 aliphatic rings. The van der Waals surface area contributed by atoms with Gasteiger partial charge in [0.2, 0.25) is 6.33 Å². The number of benzene rings is 2. The van der Waals surface area contributed by atoms with Crippen LogP contribution in [0, 0.1) is 0 Å². The summed E-state index contributed by atoms with van der Waals surface area (Å²) in [5, 5.41) is 0.904. The van der Waals surface area contributed by atoms with Crippen molar-refractivity contribution in [3.63, 3.8) is 0 Å². The highest BCUT2D eigenvalue weighted by Gasteiger charge is 2.20. The molecule has 8 nitrogen and oxygen atoms in total. The number of aromatic amines is 2. The van der Waals surface area contributed by atoms with Crippen molar-refractivity contribution in [2.45, 2.75) is 13.1 Å². The lowest BCUT2D eigenvalue weighted by atomic mass is 10.2. The van der Waals surface area contributed by atoms with Gasteiger partial charge in [0, 0.05) is 45.3 Å². The van der Waals surface area contributed by atoms with Crippen molar-refractivity contribution >= 4 is 21.9 Å². The molecule has 2 aromatic carbocycles. The fraction of sp³-hybridized carbons (Fsp3) is 0.360. The van der Waals surface area contributed by atoms with Gasteiger partial charge in [-0.15, -0.1) is 0 Å². The summed E-state index contributed by atoms with van der Waals surface area (Å²) in [5.74, 6) is 1.26. The van der Waals surface area contributed by atoms with Crippen molar-refractivity contribution in [2.24, 2.45) is 0 Å². The molecule has 0 bridgehead atoms. The molecule has 172 valence electrons. The van der Waals surface area contributed by atoms with Crippen LogP contribution in [-0.2, 0) is 13.1 Å². The van der Waals surface area contributed by atoms with E-state index >= 15 is 0 Å². The minimum atomic E-state index is -0.0272. The highest BCUT2D eigenvalue weighted by atomic mass is 16.5. The maximum Gasteiger partial charge on any atom is 0.361 e. The molecule has 2 aromatic heterocycles. The van der Waals surface area contributed by atoms with Gasteiger partial charge in [0.1, 0.15) is 6.54 Å². The molecule has 8 heteroatoms. The predicted molar refractivity (Wildman–Crippen MR) is 128 cm³/mol. The number of nitrogens with zero attached hydrogens (tertiary/aromatic N) is 3. The molecular weight excluding hydrogens is 418 g/mol. The molecule has 0 atom stereocenters. The van der Waals surface area contributed by atoms with E-state index in [1.165, 1.54) is 5.56 Å². The zero-order chi connectivity index (χ0) is 22.8. The molecule has 4 aromatic rings. The topological polar surface area (TPSA) is 76.9 Å². The zero-order valence-corrected chi connectivity index (χ0v) is 19.1. The van der Waals surface area contributed by atoms with Gasteiger partial charge in [0.25, 0.3) is 0 Å². The van der Waals surface area contributed by atoms with Crippen molar-refractivity contribution in [2.75, 3.05) is 46.9 Å². The van der Waals surface area contributed by atoms with Gasteiger partial charge in [-0.3, -0.25) is 9.80 Å². The Bertz CT molecular complexity index is 1310. The number of piperazine rings is 1. The lowest BCUT2D eigenvalue weighted by Gasteiger charge is -2.34. The highest BCUT2D eigenvalue weighted by Crippen LogP contribution is 2.33. The van der Waals surface area contributed by atoms with Crippen LogP contribution in [0.2, 0.25) is 0 Å². The third kappa shape index (κ3) is 4.31. The summed E-state index contributed by atoms with van der Waals surface area (Å²) in [7, 11) is 3.21. The molecule has 3 heterocycles. The first-order valence-corrected chi connectivity index (χ1v) is 11.3. The molecule has 5 rings (SSSR count). The van der Waals surface area contributed by atoms with Gasteiger partial charge in [-0.25, -0.2) is 9.78 Å². The van der Waals surface area contributed by atoms with Crippen LogP contribution in [0.4, 0.5) is 0 Å². The van der Waals surface area contributed by atoms with Gasteiger partial charge in [-0.05, 0) is 11.6 Å². The van der Waals surface area contributed by atoms with Crippen LogP contribution in [0.3, 0.4) is 0 Å². The number of hydrogen-bond donors (Lipinski definition) is 1. The predicted octanol–water partition coefficient (Wildman–Crippen LogP) is 2.13. The smallest absolute Gasteiger partial charge is 0.361 e. The Labute approximate surface area is 192 Å². The second kappa shape index (κ2) is 9.25. The van der Waals surface area contributed by atoms with E-state index in [0.717, 1.165) is 55.7 Å². The summed E-state index contributed by atoms with van der Waals surface area (Å²) in [5.41, 5.74) is 3.51. The maximum absolute atomic E-state index is 13.2. The Morgan fingerprint density at radius 2 is 1.64 bits per heavy atom. The standard InChI is InChI=1S/C25H29N5O3/c1-32-21-14-19-20(15-22(21)33-2)27-24-23(19)26-17-30(25(24)31)13-12-28-8-10-29(11-9-28)16-18-6-4-3-5-7-18/h3-7,14-15,17,27H,8-13,16H2,1-2H3/p+1. The van der Waals surface area contributed by atoms with E-state index in [4.69, 9.17) is 9.47 Å². The number of fused-ring (bicyclic) bond motifs is 3. The average Bonchev–Trinajstić information content (AvgIpc) is 3.22. The largest absolute Gasteiger partial charge is 0.493 e. The molecule has 1 aliphatic heterocycles. The second-order valence-corrected chi connectivity index (χ2v) is 8.50. The van der Waals surface area contributed by atoms with Gasteiger partial charge >= 0.3 is 5.56 Å². The summed E-state index contributed by atoms with van der Waals surface area (Å²) in [6.07, 6.45) is 1.78.